The maximum atomic E-state index is 11.6. The summed E-state index contributed by atoms with van der Waals surface area (Å²) >= 11 is 0. The van der Waals surface area contributed by atoms with Crippen LogP contribution in [0.25, 0.3) is 0 Å². The number of hydrogen-bond donors (Lipinski definition) is 0. The first kappa shape index (κ1) is 16.6. The van der Waals surface area contributed by atoms with E-state index in [-0.39, 0.29) is 12.8 Å². The van der Waals surface area contributed by atoms with Gasteiger partial charge in [0.25, 0.3) is 11.8 Å². The minimum absolute atomic E-state index is 0.0379. The largest absolute Gasteiger partial charge is 0.451 e. The molecule has 2 atom stereocenters. The monoisotopic (exact) mass is 301 g/mol. The molecular formula is C12H15NO8. The van der Waals surface area contributed by atoms with Crippen molar-refractivity contribution in [3.8, 4) is 0 Å². The van der Waals surface area contributed by atoms with E-state index >= 15 is 0 Å². The molecule has 0 aromatic carbocycles. The highest BCUT2D eigenvalue weighted by Crippen LogP contribution is 2.13. The fourth-order valence-electron chi connectivity index (χ4n) is 1.44. The summed E-state index contributed by atoms with van der Waals surface area (Å²) in [4.78, 5) is 60.9. The Morgan fingerprint density at radius 3 is 1.90 bits per heavy atom. The quantitative estimate of drug-likeness (QED) is 0.492. The molecule has 0 bridgehead atoms. The van der Waals surface area contributed by atoms with E-state index in [1.54, 1.807) is 0 Å². The summed E-state index contributed by atoms with van der Waals surface area (Å²) in [6, 6.07) is 0. The van der Waals surface area contributed by atoms with Gasteiger partial charge in [0.05, 0.1) is 0 Å². The van der Waals surface area contributed by atoms with Crippen LogP contribution in [0.3, 0.4) is 0 Å². The molecule has 1 aliphatic heterocycles. The highest BCUT2D eigenvalue weighted by Gasteiger charge is 2.35. The Labute approximate surface area is 120 Å². The first-order chi connectivity index (χ1) is 9.72. The van der Waals surface area contributed by atoms with Gasteiger partial charge in [0.1, 0.15) is 0 Å². The van der Waals surface area contributed by atoms with Gasteiger partial charge < -0.3 is 14.3 Å². The number of carbonyl (C=O) groups excluding carboxylic acids is 5. The molecule has 9 nitrogen and oxygen atoms in total. The van der Waals surface area contributed by atoms with Crippen molar-refractivity contribution in [3.63, 3.8) is 0 Å². The maximum absolute atomic E-state index is 11.6. The van der Waals surface area contributed by atoms with Gasteiger partial charge >= 0.3 is 17.9 Å². The molecule has 1 aliphatic rings. The minimum Gasteiger partial charge on any atom is -0.451 e. The number of rotatable bonds is 5. The van der Waals surface area contributed by atoms with Gasteiger partial charge in [0.15, 0.2) is 12.2 Å². The van der Waals surface area contributed by atoms with Gasteiger partial charge in [-0.05, 0) is 13.8 Å². The number of nitrogens with zero attached hydrogens (tertiary/aromatic N) is 1. The maximum Gasteiger partial charge on any atom is 0.373 e. The van der Waals surface area contributed by atoms with E-state index in [1.807, 2.05) is 0 Å². The molecule has 2 amide bonds. The lowest BCUT2D eigenvalue weighted by molar-refractivity contribution is -0.206. The first-order valence-electron chi connectivity index (χ1n) is 6.17. The van der Waals surface area contributed by atoms with Crippen molar-refractivity contribution in [1.29, 1.82) is 0 Å². The normalized spacial score (nSPS) is 17.2. The number of imide groups is 1. The molecule has 0 radical (unpaired) electrons. The van der Waals surface area contributed by atoms with Crippen molar-refractivity contribution < 1.29 is 38.3 Å². The summed E-state index contributed by atoms with van der Waals surface area (Å²) in [5, 5.41) is 0.349. The molecule has 116 valence electrons. The molecule has 0 aliphatic carbocycles. The fraction of sp³-hybridized carbons (Fsp3) is 0.583. The Morgan fingerprint density at radius 2 is 1.43 bits per heavy atom. The van der Waals surface area contributed by atoms with E-state index in [4.69, 9.17) is 4.74 Å². The van der Waals surface area contributed by atoms with E-state index in [1.165, 1.54) is 13.8 Å². The lowest BCUT2D eigenvalue weighted by Crippen LogP contribution is -2.38. The van der Waals surface area contributed by atoms with Crippen molar-refractivity contribution in [3.05, 3.63) is 0 Å². The first-order valence-corrected chi connectivity index (χ1v) is 6.17. The molecular weight excluding hydrogens is 286 g/mol. The zero-order valence-electron chi connectivity index (χ0n) is 11.8. The summed E-state index contributed by atoms with van der Waals surface area (Å²) in [6.45, 7) is 3.59. The molecule has 0 spiro atoms. The Hall–Kier alpha value is -2.45. The van der Waals surface area contributed by atoms with Crippen LogP contribution in [-0.4, -0.2) is 47.0 Å². The van der Waals surface area contributed by atoms with Gasteiger partial charge in [-0.3, -0.25) is 14.4 Å². The number of amides is 2. The average molecular weight is 301 g/mol. The summed E-state index contributed by atoms with van der Waals surface area (Å²) in [5.74, 6) is -3.99. The van der Waals surface area contributed by atoms with Gasteiger partial charge in [-0.15, -0.1) is 5.06 Å². The Bertz CT molecular complexity index is 470. The molecule has 1 saturated heterocycles. The van der Waals surface area contributed by atoms with Gasteiger partial charge in [0, 0.05) is 19.8 Å². The summed E-state index contributed by atoms with van der Waals surface area (Å²) < 4.78 is 9.29. The van der Waals surface area contributed by atoms with Crippen LogP contribution in [0.15, 0.2) is 0 Å². The SMILES string of the molecule is CC(=O)OC(C)C(=O)OC(C)C(=O)ON1C(=O)CCC1=O. The van der Waals surface area contributed by atoms with Crippen LogP contribution < -0.4 is 0 Å². The molecule has 0 aromatic heterocycles. The molecule has 0 aromatic rings. The summed E-state index contributed by atoms with van der Waals surface area (Å²) in [6.07, 6.45) is -2.63. The van der Waals surface area contributed by atoms with Crippen molar-refractivity contribution in [1.82, 2.24) is 5.06 Å². The number of carbonyl (C=O) groups is 5. The lowest BCUT2D eigenvalue weighted by Gasteiger charge is -2.18. The Morgan fingerprint density at radius 1 is 0.952 bits per heavy atom. The summed E-state index contributed by atoms with van der Waals surface area (Å²) in [7, 11) is 0. The number of hydrogen-bond acceptors (Lipinski definition) is 8. The van der Waals surface area contributed by atoms with Crippen LogP contribution in [-0.2, 0) is 38.3 Å². The molecule has 0 saturated carbocycles. The number of esters is 2. The Kier molecular flexibility index (Phi) is 5.39. The standard InChI is InChI=1S/C12H15NO8/c1-6(19-8(3)14)11(17)20-7(2)12(18)21-13-9(15)4-5-10(13)16/h6-7H,4-5H2,1-3H3. The molecule has 1 rings (SSSR count). The second kappa shape index (κ2) is 6.82. The van der Waals surface area contributed by atoms with Gasteiger partial charge in [0.2, 0.25) is 0 Å². The lowest BCUT2D eigenvalue weighted by atomic mass is 10.4. The zero-order valence-corrected chi connectivity index (χ0v) is 11.8. The number of hydroxylamine groups is 2. The van der Waals surface area contributed by atoms with Crippen molar-refractivity contribution in [2.75, 3.05) is 0 Å². The second-order valence-corrected chi connectivity index (χ2v) is 4.32. The van der Waals surface area contributed by atoms with Crippen LogP contribution >= 0.6 is 0 Å². The molecule has 1 fully saturated rings. The third-order valence-corrected chi connectivity index (χ3v) is 2.49. The summed E-state index contributed by atoms with van der Waals surface area (Å²) in [5.41, 5.74) is 0. The molecule has 9 heteroatoms. The van der Waals surface area contributed by atoms with Gasteiger partial charge in [-0.2, -0.15) is 0 Å². The average Bonchev–Trinajstić information content (AvgIpc) is 2.69. The Balaban J connectivity index is 2.51. The van der Waals surface area contributed by atoms with Crippen molar-refractivity contribution in [2.45, 2.75) is 45.8 Å². The van der Waals surface area contributed by atoms with Crippen LogP contribution in [0.4, 0.5) is 0 Å². The van der Waals surface area contributed by atoms with Crippen LogP contribution in [0.5, 0.6) is 0 Å². The van der Waals surface area contributed by atoms with E-state index in [2.05, 4.69) is 9.57 Å². The molecule has 0 N–H and O–H groups in total. The highest BCUT2D eigenvalue weighted by molar-refractivity contribution is 6.01. The van der Waals surface area contributed by atoms with E-state index in [0.29, 0.717) is 5.06 Å². The fourth-order valence-corrected chi connectivity index (χ4v) is 1.44. The predicted molar refractivity (Wildman–Crippen MR) is 64.0 cm³/mol. The van der Waals surface area contributed by atoms with Gasteiger partial charge in [-0.1, -0.05) is 0 Å². The molecule has 21 heavy (non-hydrogen) atoms. The topological polar surface area (TPSA) is 116 Å². The van der Waals surface area contributed by atoms with Gasteiger partial charge in [-0.25, -0.2) is 9.59 Å². The smallest absolute Gasteiger partial charge is 0.373 e. The van der Waals surface area contributed by atoms with Crippen LogP contribution in [0, 0.1) is 0 Å². The second-order valence-electron chi connectivity index (χ2n) is 4.32. The molecule has 2 unspecified atom stereocenters. The van der Waals surface area contributed by atoms with E-state index in [0.717, 1.165) is 6.92 Å². The predicted octanol–water partition coefficient (Wildman–Crippen LogP) is -0.523. The van der Waals surface area contributed by atoms with E-state index in [9.17, 15) is 24.0 Å². The number of ether oxygens (including phenoxy) is 2. The van der Waals surface area contributed by atoms with Crippen LogP contribution in [0.2, 0.25) is 0 Å². The zero-order chi connectivity index (χ0) is 16.2. The van der Waals surface area contributed by atoms with Crippen LogP contribution in [0.1, 0.15) is 33.6 Å². The molecule has 1 heterocycles. The minimum atomic E-state index is -1.36. The van der Waals surface area contributed by atoms with Crippen molar-refractivity contribution >= 4 is 29.7 Å². The third kappa shape index (κ3) is 4.55. The highest BCUT2D eigenvalue weighted by atomic mass is 16.7. The van der Waals surface area contributed by atoms with E-state index < -0.39 is 41.9 Å². The third-order valence-electron chi connectivity index (χ3n) is 2.49. The van der Waals surface area contributed by atoms with Crippen molar-refractivity contribution in [2.24, 2.45) is 0 Å².